The molecule has 2 aliphatic heterocycles. The Balaban J connectivity index is 1.55. The van der Waals surface area contributed by atoms with E-state index in [1.54, 1.807) is 17.5 Å². The summed E-state index contributed by atoms with van der Waals surface area (Å²) in [4.78, 5) is 20.9. The molecule has 11 heteroatoms. The van der Waals surface area contributed by atoms with Gasteiger partial charge in [-0.1, -0.05) is 0 Å². The number of nitrogens with zero attached hydrogens (tertiary/aromatic N) is 5. The number of ether oxygens (including phenoxy) is 2. The molecule has 9 nitrogen and oxygen atoms in total. The van der Waals surface area contributed by atoms with Crippen LogP contribution in [0, 0.1) is 12.8 Å². The number of hydrogen-bond acceptors (Lipinski definition) is 10. The molecular formula is C30H43N5O4S2. The highest BCUT2D eigenvalue weighted by Gasteiger charge is 2.33. The minimum absolute atomic E-state index is 0.106. The molecule has 0 saturated carbocycles. The van der Waals surface area contributed by atoms with Gasteiger partial charge in [0.05, 0.1) is 34.4 Å². The van der Waals surface area contributed by atoms with Crippen LogP contribution in [-0.2, 0) is 26.9 Å². The Morgan fingerprint density at radius 1 is 1.07 bits per heavy atom. The first-order valence-corrected chi connectivity index (χ1v) is 17.4. The number of aromatic nitrogens is 3. The Kier molecular flexibility index (Phi) is 8.90. The van der Waals surface area contributed by atoms with Crippen molar-refractivity contribution in [2.24, 2.45) is 5.92 Å². The van der Waals surface area contributed by atoms with Crippen LogP contribution in [0.2, 0.25) is 0 Å². The summed E-state index contributed by atoms with van der Waals surface area (Å²) in [6.07, 6.45) is 8.67. The van der Waals surface area contributed by atoms with Gasteiger partial charge in [-0.15, -0.1) is 11.3 Å². The molecular weight excluding hydrogens is 558 g/mol. The Morgan fingerprint density at radius 2 is 1.78 bits per heavy atom. The maximum Gasteiger partial charge on any atom is 0.226 e. The molecule has 0 atom stereocenters. The summed E-state index contributed by atoms with van der Waals surface area (Å²) < 4.78 is 36.6. The highest BCUT2D eigenvalue weighted by atomic mass is 32.2. The summed E-state index contributed by atoms with van der Waals surface area (Å²) in [5, 5.41) is 0. The zero-order valence-corrected chi connectivity index (χ0v) is 26.8. The fraction of sp³-hybridized carbons (Fsp3) is 0.633. The lowest BCUT2D eigenvalue weighted by atomic mass is 9.83. The summed E-state index contributed by atoms with van der Waals surface area (Å²) in [6.45, 7) is 11.3. The molecule has 41 heavy (non-hydrogen) atoms. The Labute approximate surface area is 248 Å². The zero-order valence-electron chi connectivity index (χ0n) is 25.2. The first-order chi connectivity index (χ1) is 19.5. The number of rotatable bonds is 9. The van der Waals surface area contributed by atoms with Crippen LogP contribution in [0.4, 0.5) is 5.95 Å². The lowest BCUT2D eigenvalue weighted by molar-refractivity contribution is -0.0493. The van der Waals surface area contributed by atoms with Crippen molar-refractivity contribution in [3.63, 3.8) is 0 Å². The summed E-state index contributed by atoms with van der Waals surface area (Å²) >= 11 is 1.71. The number of aryl methyl sites for hydroxylation is 1. The van der Waals surface area contributed by atoms with Crippen molar-refractivity contribution in [3.8, 4) is 17.1 Å². The van der Waals surface area contributed by atoms with Gasteiger partial charge in [-0.25, -0.2) is 23.4 Å². The van der Waals surface area contributed by atoms with Crippen molar-refractivity contribution in [3.05, 3.63) is 28.3 Å². The number of anilines is 1. The average Bonchev–Trinajstić information content (AvgIpc) is 3.27. The zero-order chi connectivity index (χ0) is 29.4. The number of likely N-dealkylation sites (tertiary alicyclic amines) is 1. The molecule has 224 valence electrons. The topological polar surface area (TPSA) is 97.8 Å². The van der Waals surface area contributed by atoms with Crippen molar-refractivity contribution >= 4 is 37.3 Å². The Bertz CT molecular complexity index is 1490. The molecule has 0 radical (unpaired) electrons. The van der Waals surface area contributed by atoms with Crippen LogP contribution < -0.4 is 9.64 Å². The van der Waals surface area contributed by atoms with Crippen molar-refractivity contribution in [2.75, 3.05) is 51.6 Å². The molecule has 2 aliphatic rings. The molecule has 3 aromatic rings. The van der Waals surface area contributed by atoms with Gasteiger partial charge in [0.1, 0.15) is 0 Å². The van der Waals surface area contributed by atoms with E-state index in [0.29, 0.717) is 17.4 Å². The summed E-state index contributed by atoms with van der Waals surface area (Å²) in [7, 11) is 0.0431. The number of hydrogen-bond donors (Lipinski definition) is 0. The maximum atomic E-state index is 12.2. The van der Waals surface area contributed by atoms with Crippen LogP contribution in [0.25, 0.3) is 21.5 Å². The van der Waals surface area contributed by atoms with Gasteiger partial charge in [-0.2, -0.15) is 0 Å². The molecule has 0 amide bonds. The van der Waals surface area contributed by atoms with E-state index in [4.69, 9.17) is 19.4 Å². The van der Waals surface area contributed by atoms with E-state index in [0.717, 1.165) is 85.8 Å². The average molecular weight is 602 g/mol. The number of sulfone groups is 1. The maximum absolute atomic E-state index is 12.2. The molecule has 0 unspecified atom stereocenters. The third kappa shape index (κ3) is 6.68. The Hall–Kier alpha value is -2.34. The molecule has 0 N–H and O–H groups in total. The van der Waals surface area contributed by atoms with Gasteiger partial charge in [0, 0.05) is 60.8 Å². The summed E-state index contributed by atoms with van der Waals surface area (Å²) in [6, 6.07) is 1.87. The molecule has 0 aromatic carbocycles. The second-order valence-corrected chi connectivity index (χ2v) is 15.4. The van der Waals surface area contributed by atoms with Gasteiger partial charge in [0.2, 0.25) is 11.8 Å². The van der Waals surface area contributed by atoms with Gasteiger partial charge in [0.25, 0.3) is 0 Å². The SMILES string of the molecule is COc1ncc(-c2nc(N3CCCCC3)nc3c(CN4CCC(C(C)(C)OC)CC4)c(C)sc23)cc1CS(C)(=O)=O. The van der Waals surface area contributed by atoms with Gasteiger partial charge >= 0.3 is 0 Å². The molecule has 2 fully saturated rings. The van der Waals surface area contributed by atoms with Crippen molar-refractivity contribution in [1.82, 2.24) is 19.9 Å². The van der Waals surface area contributed by atoms with E-state index < -0.39 is 9.84 Å². The van der Waals surface area contributed by atoms with Gasteiger partial charge in [-0.05, 0) is 77.9 Å². The lowest BCUT2D eigenvalue weighted by Crippen LogP contribution is -2.42. The van der Waals surface area contributed by atoms with E-state index in [-0.39, 0.29) is 11.4 Å². The second kappa shape index (κ2) is 12.1. The lowest BCUT2D eigenvalue weighted by Gasteiger charge is -2.39. The van der Waals surface area contributed by atoms with Crippen molar-refractivity contribution in [2.45, 2.75) is 70.8 Å². The van der Waals surface area contributed by atoms with Crippen molar-refractivity contribution in [1.29, 1.82) is 0 Å². The number of methoxy groups -OCH3 is 2. The van der Waals surface area contributed by atoms with E-state index >= 15 is 0 Å². The van der Waals surface area contributed by atoms with E-state index in [1.165, 1.54) is 30.2 Å². The van der Waals surface area contributed by atoms with Crippen LogP contribution in [-0.4, -0.2) is 80.5 Å². The van der Waals surface area contributed by atoms with Gasteiger partial charge in [0.15, 0.2) is 9.84 Å². The predicted molar refractivity (Wildman–Crippen MR) is 166 cm³/mol. The minimum Gasteiger partial charge on any atom is -0.481 e. The predicted octanol–water partition coefficient (Wildman–Crippen LogP) is 5.24. The van der Waals surface area contributed by atoms with Crippen LogP contribution in [0.5, 0.6) is 5.88 Å². The molecule has 0 aliphatic carbocycles. The quantitative estimate of drug-likeness (QED) is 0.326. The minimum atomic E-state index is -3.28. The van der Waals surface area contributed by atoms with Gasteiger partial charge < -0.3 is 14.4 Å². The summed E-state index contributed by atoms with van der Waals surface area (Å²) in [5.74, 6) is 1.47. The highest BCUT2D eigenvalue weighted by Crippen LogP contribution is 2.40. The van der Waals surface area contributed by atoms with Crippen LogP contribution in [0.15, 0.2) is 12.3 Å². The first-order valence-electron chi connectivity index (χ1n) is 14.5. The highest BCUT2D eigenvalue weighted by molar-refractivity contribution is 7.89. The molecule has 0 spiro atoms. The van der Waals surface area contributed by atoms with Gasteiger partial charge in [-0.3, -0.25) is 4.90 Å². The monoisotopic (exact) mass is 601 g/mol. The van der Waals surface area contributed by atoms with E-state index in [9.17, 15) is 8.42 Å². The third-order valence-electron chi connectivity index (χ3n) is 8.75. The molecule has 3 aromatic heterocycles. The smallest absolute Gasteiger partial charge is 0.226 e. The fourth-order valence-corrected chi connectivity index (χ4v) is 8.00. The second-order valence-electron chi connectivity index (χ2n) is 12.1. The Morgan fingerprint density at radius 3 is 2.41 bits per heavy atom. The normalized spacial score (nSPS) is 17.9. The molecule has 2 saturated heterocycles. The van der Waals surface area contributed by atoms with Crippen molar-refractivity contribution < 1.29 is 17.9 Å². The largest absolute Gasteiger partial charge is 0.481 e. The van der Waals surface area contributed by atoms with E-state index in [2.05, 4.69) is 35.6 Å². The molecule has 5 rings (SSSR count). The van der Waals surface area contributed by atoms with Crippen LogP contribution in [0.1, 0.15) is 62.0 Å². The van der Waals surface area contributed by atoms with Crippen LogP contribution >= 0.6 is 11.3 Å². The number of fused-ring (bicyclic) bond motifs is 1. The van der Waals surface area contributed by atoms with E-state index in [1.807, 2.05) is 13.2 Å². The molecule has 5 heterocycles. The number of piperidine rings is 2. The first kappa shape index (κ1) is 30.1. The molecule has 0 bridgehead atoms. The standard InChI is InChI=1S/C30H43N5O4S2/c1-20-24(18-34-14-10-23(11-15-34)30(2,3)39-5)26-27(40-20)25(32-29(33-26)35-12-8-7-9-13-35)21-16-22(19-41(6,36)37)28(38-4)31-17-21/h16-17,23H,7-15,18-19H2,1-6H3. The van der Waals surface area contributed by atoms with Crippen LogP contribution in [0.3, 0.4) is 0 Å². The fourth-order valence-electron chi connectivity index (χ4n) is 6.11. The third-order valence-corrected chi connectivity index (χ3v) is 10.7. The number of thiophene rings is 1. The number of pyridine rings is 1. The summed E-state index contributed by atoms with van der Waals surface area (Å²) in [5.41, 5.74) is 4.28.